The second kappa shape index (κ2) is 5.81. The lowest BCUT2D eigenvalue weighted by Gasteiger charge is -2.29. The summed E-state index contributed by atoms with van der Waals surface area (Å²) in [5.74, 6) is 0. The fourth-order valence-electron chi connectivity index (χ4n) is 2.39. The number of aromatic nitrogens is 3. The van der Waals surface area contributed by atoms with Gasteiger partial charge in [-0.05, 0) is 20.9 Å². The van der Waals surface area contributed by atoms with Crippen LogP contribution >= 0.6 is 11.3 Å². The van der Waals surface area contributed by atoms with Gasteiger partial charge in [0.1, 0.15) is 0 Å². The van der Waals surface area contributed by atoms with E-state index in [-0.39, 0.29) is 12.1 Å². The molecule has 2 unspecified atom stereocenters. The Bertz CT molecular complexity index is 531. The zero-order chi connectivity index (χ0) is 14.0. The van der Waals surface area contributed by atoms with E-state index in [0.717, 1.165) is 22.8 Å². The molecule has 0 aliphatic carbocycles. The highest BCUT2D eigenvalue weighted by molar-refractivity contribution is 7.09. The van der Waals surface area contributed by atoms with Gasteiger partial charge < -0.3 is 5.73 Å². The van der Waals surface area contributed by atoms with E-state index in [1.807, 2.05) is 38.0 Å². The third-order valence-electron chi connectivity index (χ3n) is 3.12. The van der Waals surface area contributed by atoms with E-state index in [0.29, 0.717) is 0 Å². The number of nitrogens with zero attached hydrogens (tertiary/aromatic N) is 4. The first-order valence-corrected chi connectivity index (χ1v) is 7.20. The summed E-state index contributed by atoms with van der Waals surface area (Å²) < 4.78 is 1.81. The lowest BCUT2D eigenvalue weighted by atomic mass is 10.0. The Morgan fingerprint density at radius 1 is 1.53 bits per heavy atom. The molecular formula is C13H21N5S. The molecule has 2 heterocycles. The van der Waals surface area contributed by atoms with Gasteiger partial charge in [-0.3, -0.25) is 9.58 Å². The minimum Gasteiger partial charge on any atom is -0.326 e. The zero-order valence-electron chi connectivity index (χ0n) is 11.9. The fraction of sp³-hybridized carbons (Fsp3) is 0.538. The number of thiazole rings is 1. The van der Waals surface area contributed by atoms with E-state index >= 15 is 0 Å². The van der Waals surface area contributed by atoms with Crippen molar-refractivity contribution in [1.82, 2.24) is 19.7 Å². The predicted molar refractivity (Wildman–Crippen MR) is 77.9 cm³/mol. The standard InChI is InChI=1S/C13H21N5S/c1-9(14)13(11-5-15-18(4)6-11)17(3)7-12-8-19-10(2)16-12/h5-6,8-9,13H,7,14H2,1-4H3. The SMILES string of the molecule is Cc1nc(CN(C)C(c2cnn(C)c2)C(C)N)cs1. The lowest BCUT2D eigenvalue weighted by molar-refractivity contribution is 0.209. The first kappa shape index (κ1) is 14.2. The number of rotatable bonds is 5. The minimum absolute atomic E-state index is 0.0360. The van der Waals surface area contributed by atoms with E-state index in [1.54, 1.807) is 11.3 Å². The summed E-state index contributed by atoms with van der Waals surface area (Å²) in [4.78, 5) is 6.74. The van der Waals surface area contributed by atoms with Crippen LogP contribution in [0.1, 0.15) is 29.2 Å². The average Bonchev–Trinajstić information content (AvgIpc) is 2.88. The number of hydrogen-bond acceptors (Lipinski definition) is 5. The highest BCUT2D eigenvalue weighted by Gasteiger charge is 2.23. The van der Waals surface area contributed by atoms with Crippen molar-refractivity contribution in [2.24, 2.45) is 12.8 Å². The zero-order valence-corrected chi connectivity index (χ0v) is 12.7. The van der Waals surface area contributed by atoms with Crippen LogP contribution in [0.15, 0.2) is 17.8 Å². The molecule has 2 rings (SSSR count). The van der Waals surface area contributed by atoms with Crippen molar-refractivity contribution >= 4 is 11.3 Å². The molecule has 0 fully saturated rings. The Kier molecular flexibility index (Phi) is 4.34. The molecule has 0 aliphatic rings. The van der Waals surface area contributed by atoms with Crippen molar-refractivity contribution in [3.8, 4) is 0 Å². The van der Waals surface area contributed by atoms with Crippen LogP contribution in [-0.4, -0.2) is 32.8 Å². The first-order chi connectivity index (χ1) is 8.97. The van der Waals surface area contributed by atoms with Gasteiger partial charge in [0.05, 0.1) is 22.9 Å². The molecule has 5 nitrogen and oxygen atoms in total. The van der Waals surface area contributed by atoms with Crippen molar-refractivity contribution in [3.05, 3.63) is 34.0 Å². The lowest BCUT2D eigenvalue weighted by Crippen LogP contribution is -2.36. The summed E-state index contributed by atoms with van der Waals surface area (Å²) in [5, 5.41) is 7.44. The Morgan fingerprint density at radius 3 is 2.74 bits per heavy atom. The molecule has 0 amide bonds. The third-order valence-corrected chi connectivity index (χ3v) is 3.94. The summed E-state index contributed by atoms with van der Waals surface area (Å²) in [5.41, 5.74) is 8.38. The van der Waals surface area contributed by atoms with Crippen molar-refractivity contribution in [3.63, 3.8) is 0 Å². The average molecular weight is 279 g/mol. The van der Waals surface area contributed by atoms with Crippen LogP contribution < -0.4 is 5.73 Å². The number of hydrogen-bond donors (Lipinski definition) is 1. The van der Waals surface area contributed by atoms with Crippen molar-refractivity contribution < 1.29 is 0 Å². The van der Waals surface area contributed by atoms with E-state index in [4.69, 9.17) is 5.73 Å². The Labute approximate surface area is 118 Å². The topological polar surface area (TPSA) is 60.0 Å². The highest BCUT2D eigenvalue weighted by atomic mass is 32.1. The Morgan fingerprint density at radius 2 is 2.26 bits per heavy atom. The molecule has 0 spiro atoms. The van der Waals surface area contributed by atoms with Gasteiger partial charge >= 0.3 is 0 Å². The van der Waals surface area contributed by atoms with E-state index in [9.17, 15) is 0 Å². The van der Waals surface area contributed by atoms with Gasteiger partial charge in [0, 0.05) is 36.8 Å². The monoisotopic (exact) mass is 279 g/mol. The van der Waals surface area contributed by atoms with Crippen LogP contribution in [0.5, 0.6) is 0 Å². The maximum atomic E-state index is 6.14. The van der Waals surface area contributed by atoms with Crippen molar-refractivity contribution in [2.45, 2.75) is 32.5 Å². The second-order valence-corrected chi connectivity index (χ2v) is 6.09. The second-order valence-electron chi connectivity index (χ2n) is 5.02. The molecule has 0 bridgehead atoms. The molecule has 2 aromatic rings. The first-order valence-electron chi connectivity index (χ1n) is 6.32. The molecule has 2 N–H and O–H groups in total. The molecule has 0 radical (unpaired) electrons. The van der Waals surface area contributed by atoms with E-state index < -0.39 is 0 Å². The van der Waals surface area contributed by atoms with Crippen molar-refractivity contribution in [1.29, 1.82) is 0 Å². The molecule has 6 heteroatoms. The van der Waals surface area contributed by atoms with Crippen LogP contribution in [0.2, 0.25) is 0 Å². The molecule has 0 saturated heterocycles. The Hall–Kier alpha value is -1.24. The quantitative estimate of drug-likeness (QED) is 0.905. The largest absolute Gasteiger partial charge is 0.326 e. The molecular weight excluding hydrogens is 258 g/mol. The van der Waals surface area contributed by atoms with Crippen LogP contribution in [0.25, 0.3) is 0 Å². The summed E-state index contributed by atoms with van der Waals surface area (Å²) in [6, 6.07) is 0.185. The molecule has 104 valence electrons. The number of nitrogens with two attached hydrogens (primary N) is 1. The van der Waals surface area contributed by atoms with Gasteiger partial charge in [-0.15, -0.1) is 11.3 Å². The van der Waals surface area contributed by atoms with Gasteiger partial charge in [-0.2, -0.15) is 5.10 Å². The van der Waals surface area contributed by atoms with Crippen LogP contribution in [-0.2, 0) is 13.6 Å². The number of likely N-dealkylation sites (N-methyl/N-ethyl adjacent to an activating group) is 1. The molecule has 0 aromatic carbocycles. The van der Waals surface area contributed by atoms with Gasteiger partial charge in [0.15, 0.2) is 0 Å². The van der Waals surface area contributed by atoms with Gasteiger partial charge in [0.2, 0.25) is 0 Å². The van der Waals surface area contributed by atoms with Crippen LogP contribution in [0.4, 0.5) is 0 Å². The summed E-state index contributed by atoms with van der Waals surface area (Å²) in [7, 11) is 4.00. The Balaban J connectivity index is 2.15. The molecule has 19 heavy (non-hydrogen) atoms. The molecule has 0 aliphatic heterocycles. The normalized spacial score (nSPS) is 14.8. The predicted octanol–water partition coefficient (Wildman–Crippen LogP) is 1.71. The summed E-state index contributed by atoms with van der Waals surface area (Å²) in [6.45, 7) is 4.85. The van der Waals surface area contributed by atoms with Crippen LogP contribution in [0, 0.1) is 6.92 Å². The van der Waals surface area contributed by atoms with E-state index in [1.165, 1.54) is 0 Å². The number of aryl methyl sites for hydroxylation is 2. The van der Waals surface area contributed by atoms with Crippen molar-refractivity contribution in [2.75, 3.05) is 7.05 Å². The highest BCUT2D eigenvalue weighted by Crippen LogP contribution is 2.23. The minimum atomic E-state index is 0.0360. The summed E-state index contributed by atoms with van der Waals surface area (Å²) in [6.07, 6.45) is 3.91. The summed E-state index contributed by atoms with van der Waals surface area (Å²) >= 11 is 1.68. The molecule has 0 saturated carbocycles. The maximum absolute atomic E-state index is 6.14. The van der Waals surface area contributed by atoms with Gasteiger partial charge in [-0.1, -0.05) is 0 Å². The maximum Gasteiger partial charge on any atom is 0.0897 e. The van der Waals surface area contributed by atoms with Gasteiger partial charge in [-0.25, -0.2) is 4.98 Å². The molecule has 2 atom stereocenters. The van der Waals surface area contributed by atoms with Gasteiger partial charge in [0.25, 0.3) is 0 Å². The third kappa shape index (κ3) is 3.40. The smallest absolute Gasteiger partial charge is 0.0897 e. The molecule has 2 aromatic heterocycles. The van der Waals surface area contributed by atoms with E-state index in [2.05, 4.69) is 27.4 Å². The fourth-order valence-corrected chi connectivity index (χ4v) is 2.99. The van der Waals surface area contributed by atoms with Crippen LogP contribution in [0.3, 0.4) is 0 Å².